The minimum absolute atomic E-state index is 0.348. The fourth-order valence-electron chi connectivity index (χ4n) is 3.32. The summed E-state index contributed by atoms with van der Waals surface area (Å²) in [4.78, 5) is 28.4. The van der Waals surface area contributed by atoms with Gasteiger partial charge in [0.2, 0.25) is 0 Å². The first-order valence-electron chi connectivity index (χ1n) is 8.43. The summed E-state index contributed by atoms with van der Waals surface area (Å²) >= 11 is 0. The van der Waals surface area contributed by atoms with E-state index in [1.165, 1.54) is 6.33 Å². The van der Waals surface area contributed by atoms with Crippen molar-refractivity contribution in [1.82, 2.24) is 20.1 Å². The van der Waals surface area contributed by atoms with E-state index < -0.39 is 11.5 Å². The molecule has 7 nitrogen and oxygen atoms in total. The monoisotopic (exact) mass is 342 g/mol. The molecule has 2 aromatic rings. The lowest BCUT2D eigenvalue weighted by Crippen LogP contribution is -2.56. The van der Waals surface area contributed by atoms with Gasteiger partial charge < -0.3 is 10.4 Å². The van der Waals surface area contributed by atoms with E-state index in [0.717, 1.165) is 24.1 Å². The molecule has 0 aliphatic heterocycles. The average Bonchev–Trinajstić information content (AvgIpc) is 3.11. The molecule has 7 heteroatoms. The van der Waals surface area contributed by atoms with Gasteiger partial charge in [0.1, 0.15) is 18.2 Å². The fourth-order valence-corrected chi connectivity index (χ4v) is 3.32. The Bertz CT molecular complexity index is 778. The van der Waals surface area contributed by atoms with Crippen LogP contribution in [0.15, 0.2) is 30.9 Å². The second-order valence-corrected chi connectivity index (χ2v) is 6.86. The number of nitrogens with one attached hydrogen (secondary N) is 1. The number of carbonyl (C=O) groups is 2. The van der Waals surface area contributed by atoms with E-state index in [9.17, 15) is 14.7 Å². The summed E-state index contributed by atoms with van der Waals surface area (Å²) in [5, 5.41) is 16.5. The predicted molar refractivity (Wildman–Crippen MR) is 91.6 cm³/mol. The Kier molecular flexibility index (Phi) is 4.57. The van der Waals surface area contributed by atoms with Gasteiger partial charge in [-0.1, -0.05) is 6.92 Å². The quantitative estimate of drug-likeness (QED) is 0.889. The largest absolute Gasteiger partial charge is 0.480 e. The summed E-state index contributed by atoms with van der Waals surface area (Å²) in [6, 6.07) is 5.30. The smallest absolute Gasteiger partial charge is 0.329 e. The highest BCUT2D eigenvalue weighted by Crippen LogP contribution is 2.32. The normalized spacial score (nSPS) is 23.2. The number of aromatic nitrogens is 3. The van der Waals surface area contributed by atoms with Crippen LogP contribution in [0.4, 0.5) is 0 Å². The van der Waals surface area contributed by atoms with Gasteiger partial charge in [0, 0.05) is 5.56 Å². The van der Waals surface area contributed by atoms with Gasteiger partial charge in [0.25, 0.3) is 5.91 Å². The van der Waals surface area contributed by atoms with Crippen LogP contribution in [0.3, 0.4) is 0 Å². The van der Waals surface area contributed by atoms with Crippen molar-refractivity contribution in [3.8, 4) is 5.69 Å². The summed E-state index contributed by atoms with van der Waals surface area (Å²) in [5.74, 6) is -0.808. The van der Waals surface area contributed by atoms with Crippen molar-refractivity contribution < 1.29 is 14.7 Å². The highest BCUT2D eigenvalue weighted by Gasteiger charge is 2.42. The molecule has 0 bridgehead atoms. The molecule has 1 saturated carbocycles. The molecule has 0 unspecified atom stereocenters. The number of rotatable bonds is 4. The molecule has 1 aliphatic carbocycles. The Morgan fingerprint density at radius 2 is 2.04 bits per heavy atom. The number of hydrogen-bond acceptors (Lipinski definition) is 4. The fraction of sp³-hybridized carbons (Fsp3) is 0.444. The zero-order valence-electron chi connectivity index (χ0n) is 14.4. The molecule has 2 N–H and O–H groups in total. The van der Waals surface area contributed by atoms with Gasteiger partial charge in [0.05, 0.1) is 5.69 Å². The molecule has 1 aromatic carbocycles. The molecule has 1 amide bonds. The maximum absolute atomic E-state index is 12.7. The Morgan fingerprint density at radius 3 is 2.60 bits per heavy atom. The number of carbonyl (C=O) groups excluding carboxylic acids is 1. The topological polar surface area (TPSA) is 97.1 Å². The van der Waals surface area contributed by atoms with Crippen LogP contribution in [0.2, 0.25) is 0 Å². The van der Waals surface area contributed by atoms with Crippen molar-refractivity contribution in [2.75, 3.05) is 0 Å². The van der Waals surface area contributed by atoms with Crippen LogP contribution < -0.4 is 5.32 Å². The highest BCUT2D eigenvalue weighted by molar-refractivity contribution is 5.99. The molecule has 1 heterocycles. The molecule has 1 aliphatic rings. The maximum Gasteiger partial charge on any atom is 0.329 e. The molecule has 132 valence electrons. The summed E-state index contributed by atoms with van der Waals surface area (Å²) in [5.41, 5.74) is 0.866. The van der Waals surface area contributed by atoms with Crippen LogP contribution in [0.1, 0.15) is 48.5 Å². The molecule has 25 heavy (non-hydrogen) atoms. The molecular formula is C18H22N4O3. The summed E-state index contributed by atoms with van der Waals surface area (Å²) < 4.78 is 1.61. The zero-order chi connectivity index (χ0) is 18.0. The minimum Gasteiger partial charge on any atom is -0.480 e. The number of benzene rings is 1. The van der Waals surface area contributed by atoms with Gasteiger partial charge in [-0.25, -0.2) is 14.5 Å². The van der Waals surface area contributed by atoms with Crippen molar-refractivity contribution in [2.45, 2.75) is 45.1 Å². The number of carboxylic acid groups (broad SMARTS) is 1. The van der Waals surface area contributed by atoms with Crippen LogP contribution in [0, 0.1) is 12.8 Å². The maximum atomic E-state index is 12.7. The summed E-state index contributed by atoms with van der Waals surface area (Å²) in [6.45, 7) is 3.94. The van der Waals surface area contributed by atoms with Gasteiger partial charge in [-0.3, -0.25) is 4.79 Å². The van der Waals surface area contributed by atoms with E-state index in [1.54, 1.807) is 23.1 Å². The van der Waals surface area contributed by atoms with E-state index in [4.69, 9.17) is 0 Å². The van der Waals surface area contributed by atoms with Gasteiger partial charge in [-0.05, 0) is 62.3 Å². The third-order valence-electron chi connectivity index (χ3n) is 5.03. The molecular weight excluding hydrogens is 320 g/mol. The highest BCUT2D eigenvalue weighted by atomic mass is 16.4. The van der Waals surface area contributed by atoms with E-state index >= 15 is 0 Å². The van der Waals surface area contributed by atoms with Crippen LogP contribution in [0.5, 0.6) is 0 Å². The first-order valence-corrected chi connectivity index (χ1v) is 8.43. The number of aliphatic carboxylic acids is 1. The Morgan fingerprint density at radius 1 is 1.32 bits per heavy atom. The van der Waals surface area contributed by atoms with Crippen LogP contribution in [-0.4, -0.2) is 37.3 Å². The van der Waals surface area contributed by atoms with Gasteiger partial charge >= 0.3 is 5.97 Å². The number of aryl methyl sites for hydroxylation is 1. The summed E-state index contributed by atoms with van der Waals surface area (Å²) in [7, 11) is 0. The van der Waals surface area contributed by atoms with Crippen molar-refractivity contribution in [3.63, 3.8) is 0 Å². The molecule has 0 atom stereocenters. The predicted octanol–water partition coefficient (Wildman–Crippen LogP) is 2.34. The minimum atomic E-state index is -1.17. The lowest BCUT2D eigenvalue weighted by Gasteiger charge is -2.36. The molecule has 0 saturated heterocycles. The van der Waals surface area contributed by atoms with Crippen molar-refractivity contribution in [1.29, 1.82) is 0 Å². The average molecular weight is 342 g/mol. The first kappa shape index (κ1) is 17.1. The molecule has 1 aromatic heterocycles. The van der Waals surface area contributed by atoms with E-state index in [1.807, 2.05) is 13.0 Å². The van der Waals surface area contributed by atoms with Crippen molar-refractivity contribution in [3.05, 3.63) is 42.0 Å². The van der Waals surface area contributed by atoms with Crippen molar-refractivity contribution in [2.24, 2.45) is 5.92 Å². The number of amides is 1. The third kappa shape index (κ3) is 3.40. The van der Waals surface area contributed by atoms with Crippen LogP contribution in [-0.2, 0) is 4.79 Å². The molecule has 0 spiro atoms. The Labute approximate surface area is 146 Å². The third-order valence-corrected chi connectivity index (χ3v) is 5.03. The van der Waals surface area contributed by atoms with Gasteiger partial charge in [-0.15, -0.1) is 0 Å². The number of nitrogens with zero attached hydrogens (tertiary/aromatic N) is 3. The number of hydrogen-bond donors (Lipinski definition) is 2. The Hall–Kier alpha value is -2.70. The van der Waals surface area contributed by atoms with E-state index in [0.29, 0.717) is 24.3 Å². The lowest BCUT2D eigenvalue weighted by molar-refractivity contribution is -0.146. The SMILES string of the molecule is Cc1cc(-n2cncn2)ccc1C(=O)NC1(C(=O)O)CCC(C)CC1. The van der Waals surface area contributed by atoms with Gasteiger partial charge in [0.15, 0.2) is 0 Å². The molecule has 3 rings (SSSR count). The van der Waals surface area contributed by atoms with E-state index in [2.05, 4.69) is 22.3 Å². The lowest BCUT2D eigenvalue weighted by atomic mass is 9.77. The van der Waals surface area contributed by atoms with Crippen LogP contribution >= 0.6 is 0 Å². The molecule has 0 radical (unpaired) electrons. The van der Waals surface area contributed by atoms with Gasteiger partial charge in [-0.2, -0.15) is 5.10 Å². The molecule has 1 fully saturated rings. The van der Waals surface area contributed by atoms with Crippen molar-refractivity contribution >= 4 is 11.9 Å². The van der Waals surface area contributed by atoms with Crippen LogP contribution in [0.25, 0.3) is 5.69 Å². The Balaban J connectivity index is 1.82. The van der Waals surface area contributed by atoms with E-state index in [-0.39, 0.29) is 5.91 Å². The zero-order valence-corrected chi connectivity index (χ0v) is 14.4. The number of carboxylic acids is 1. The standard InChI is InChI=1S/C18H22N4O3/c1-12-5-7-18(8-6-12,17(24)25)21-16(23)15-4-3-14(9-13(15)2)22-11-19-10-20-22/h3-4,9-12H,5-8H2,1-2H3,(H,21,23)(H,24,25). The summed E-state index contributed by atoms with van der Waals surface area (Å²) in [6.07, 6.45) is 5.55. The second-order valence-electron chi connectivity index (χ2n) is 6.86. The first-order chi connectivity index (χ1) is 11.9. The second kappa shape index (κ2) is 6.66.